The number of amides is 1. The lowest BCUT2D eigenvalue weighted by Crippen LogP contribution is -2.56. The molecule has 4 bridgehead atoms. The first kappa shape index (κ1) is 20.1. The van der Waals surface area contributed by atoms with E-state index >= 15 is 0 Å². The normalized spacial score (nSPS) is 30.4. The Kier molecular flexibility index (Phi) is 4.55. The van der Waals surface area contributed by atoms with Gasteiger partial charge in [0, 0.05) is 16.4 Å². The van der Waals surface area contributed by atoms with Crippen LogP contribution in [0, 0.1) is 24.6 Å². The number of hydrogen-bond donors (Lipinski definition) is 1. The van der Waals surface area contributed by atoms with Gasteiger partial charge in [0.05, 0.1) is 5.69 Å². The highest BCUT2D eigenvalue weighted by Crippen LogP contribution is 2.66. The number of carbonyl (C=O) groups is 1. The molecule has 0 spiro atoms. The molecule has 4 saturated carbocycles. The van der Waals surface area contributed by atoms with Crippen molar-refractivity contribution in [2.45, 2.75) is 56.3 Å². The zero-order valence-electron chi connectivity index (χ0n) is 18.2. The van der Waals surface area contributed by atoms with Crippen LogP contribution < -0.4 is 5.32 Å². The molecule has 3 aromatic rings. The smallest absolute Gasteiger partial charge is 0.257 e. The Hall–Kier alpha value is -2.53. The second kappa shape index (κ2) is 7.24. The van der Waals surface area contributed by atoms with Gasteiger partial charge in [-0.05, 0) is 92.5 Å². The van der Waals surface area contributed by atoms with Crippen LogP contribution in [-0.4, -0.2) is 10.9 Å². The molecule has 2 aromatic carbocycles. The summed E-state index contributed by atoms with van der Waals surface area (Å²) < 4.78 is 13.2. The van der Waals surface area contributed by atoms with Crippen molar-refractivity contribution in [3.63, 3.8) is 0 Å². The lowest BCUT2D eigenvalue weighted by atomic mass is 9.42. The largest absolute Gasteiger partial charge is 0.298 e. The predicted octanol–water partition coefficient (Wildman–Crippen LogP) is 6.63. The molecular weight excluding hydrogens is 419 g/mol. The van der Waals surface area contributed by atoms with Crippen LogP contribution in [0.25, 0.3) is 0 Å². The Morgan fingerprint density at radius 2 is 1.66 bits per heavy atom. The van der Waals surface area contributed by atoms with Crippen LogP contribution in [0.15, 0.2) is 53.9 Å². The fraction of sp³-hybridized carbons (Fsp3) is 0.407. The summed E-state index contributed by atoms with van der Waals surface area (Å²) in [7, 11) is 0. The van der Waals surface area contributed by atoms with Gasteiger partial charge in [0.25, 0.3) is 5.91 Å². The van der Waals surface area contributed by atoms with E-state index in [1.54, 1.807) is 0 Å². The highest BCUT2D eigenvalue weighted by molar-refractivity contribution is 7.14. The molecule has 2 unspecified atom stereocenters. The van der Waals surface area contributed by atoms with Crippen LogP contribution in [0.4, 0.5) is 9.52 Å². The Bertz CT molecular complexity index is 1150. The van der Waals surface area contributed by atoms with E-state index in [9.17, 15) is 9.18 Å². The molecule has 0 saturated heterocycles. The van der Waals surface area contributed by atoms with Crippen molar-refractivity contribution in [3.8, 4) is 0 Å². The van der Waals surface area contributed by atoms with E-state index in [2.05, 4.69) is 41.9 Å². The Morgan fingerprint density at radius 1 is 1.00 bits per heavy atom. The van der Waals surface area contributed by atoms with Crippen molar-refractivity contribution >= 4 is 22.4 Å². The third-order valence-corrected chi connectivity index (χ3v) is 8.86. The summed E-state index contributed by atoms with van der Waals surface area (Å²) in [6, 6.07) is 14.8. The van der Waals surface area contributed by atoms with Crippen molar-refractivity contribution in [3.05, 3.63) is 82.1 Å². The lowest BCUT2D eigenvalue weighted by molar-refractivity contribution is -0.0296. The monoisotopic (exact) mass is 446 g/mol. The van der Waals surface area contributed by atoms with E-state index in [0.717, 1.165) is 24.0 Å². The van der Waals surface area contributed by atoms with Gasteiger partial charge in [-0.1, -0.05) is 29.8 Å². The van der Waals surface area contributed by atoms with E-state index in [-0.39, 0.29) is 22.6 Å². The van der Waals surface area contributed by atoms with Crippen molar-refractivity contribution in [1.82, 2.24) is 4.98 Å². The highest BCUT2D eigenvalue weighted by Gasteiger charge is 2.59. The summed E-state index contributed by atoms with van der Waals surface area (Å²) in [6.07, 6.45) is 7.54. The molecule has 2 atom stereocenters. The average molecular weight is 447 g/mol. The number of carbonyl (C=O) groups excluding carboxylic acids is 1. The van der Waals surface area contributed by atoms with Gasteiger partial charge < -0.3 is 0 Å². The lowest BCUT2D eigenvalue weighted by Gasteiger charge is -2.62. The fourth-order valence-corrected chi connectivity index (χ4v) is 7.98. The minimum Gasteiger partial charge on any atom is -0.298 e. The van der Waals surface area contributed by atoms with Crippen molar-refractivity contribution in [1.29, 1.82) is 0 Å². The molecule has 32 heavy (non-hydrogen) atoms. The molecule has 0 aliphatic heterocycles. The number of nitrogens with one attached hydrogen (secondary N) is 1. The molecule has 7 rings (SSSR count). The van der Waals surface area contributed by atoms with Crippen LogP contribution >= 0.6 is 11.3 Å². The summed E-state index contributed by atoms with van der Waals surface area (Å²) in [5.41, 5.74) is 4.79. The second-order valence-corrected chi connectivity index (χ2v) is 11.2. The number of aromatic nitrogens is 1. The summed E-state index contributed by atoms with van der Waals surface area (Å²) in [5.74, 6) is 0.933. The molecule has 4 fully saturated rings. The van der Waals surface area contributed by atoms with Crippen molar-refractivity contribution in [2.75, 3.05) is 5.32 Å². The van der Waals surface area contributed by atoms with Crippen LogP contribution in [-0.2, 0) is 10.8 Å². The van der Waals surface area contributed by atoms with E-state index in [1.807, 2.05) is 0 Å². The summed E-state index contributed by atoms with van der Waals surface area (Å²) in [4.78, 5) is 17.5. The minimum absolute atomic E-state index is 0.115. The quantitative estimate of drug-likeness (QED) is 0.489. The van der Waals surface area contributed by atoms with Crippen LogP contribution in [0.5, 0.6) is 0 Å². The zero-order valence-corrected chi connectivity index (χ0v) is 19.1. The van der Waals surface area contributed by atoms with E-state index in [4.69, 9.17) is 4.98 Å². The molecule has 4 aliphatic rings. The van der Waals surface area contributed by atoms with E-state index in [0.29, 0.717) is 10.7 Å². The standard InChI is InChI=1S/C27H27FN2OS/c1-17-2-6-21(7-3-17)26-11-18-10-19(12-26)14-27(13-18,16-26)23-15-32-25(29-23)30-24(31)20-4-8-22(28)9-5-20/h2-9,15,18-19H,10-14,16H2,1H3,(H,29,30,31). The second-order valence-electron chi connectivity index (χ2n) is 10.4. The first-order chi connectivity index (χ1) is 15.4. The maximum Gasteiger partial charge on any atom is 0.257 e. The van der Waals surface area contributed by atoms with Gasteiger partial charge in [-0.3, -0.25) is 10.1 Å². The molecule has 1 N–H and O–H groups in total. The van der Waals surface area contributed by atoms with Gasteiger partial charge in [0.15, 0.2) is 5.13 Å². The maximum absolute atomic E-state index is 13.2. The highest BCUT2D eigenvalue weighted by atomic mass is 32.1. The number of benzene rings is 2. The molecule has 0 radical (unpaired) electrons. The number of anilines is 1. The topological polar surface area (TPSA) is 42.0 Å². The Morgan fingerprint density at radius 3 is 2.34 bits per heavy atom. The van der Waals surface area contributed by atoms with Gasteiger partial charge in [0.2, 0.25) is 0 Å². The third-order valence-electron chi connectivity index (χ3n) is 8.10. The minimum atomic E-state index is -0.345. The van der Waals surface area contributed by atoms with Gasteiger partial charge >= 0.3 is 0 Å². The number of thiazole rings is 1. The molecule has 4 aliphatic carbocycles. The van der Waals surface area contributed by atoms with Crippen molar-refractivity contribution in [2.24, 2.45) is 11.8 Å². The SMILES string of the molecule is Cc1ccc(C23CC4CC(C2)CC(c2csc(NC(=O)c5ccc(F)cc5)n2)(C4)C3)cc1. The first-order valence-corrected chi connectivity index (χ1v) is 12.4. The van der Waals surface area contributed by atoms with E-state index < -0.39 is 0 Å². The Balaban J connectivity index is 1.28. The Labute approximate surface area is 192 Å². The third kappa shape index (κ3) is 3.29. The van der Waals surface area contributed by atoms with E-state index in [1.165, 1.54) is 78.8 Å². The number of hydrogen-bond acceptors (Lipinski definition) is 3. The summed E-state index contributed by atoms with van der Waals surface area (Å²) >= 11 is 1.50. The molecule has 1 aromatic heterocycles. The zero-order chi connectivity index (χ0) is 21.9. The average Bonchev–Trinajstić information content (AvgIpc) is 3.23. The molecule has 1 heterocycles. The van der Waals surface area contributed by atoms with Gasteiger partial charge in [-0.15, -0.1) is 11.3 Å². The molecule has 1 amide bonds. The number of halogens is 1. The number of rotatable bonds is 4. The molecular formula is C27H27FN2OS. The number of aryl methyl sites for hydroxylation is 1. The molecule has 5 heteroatoms. The van der Waals surface area contributed by atoms with Gasteiger partial charge in [-0.2, -0.15) is 0 Å². The first-order valence-electron chi connectivity index (χ1n) is 11.5. The summed E-state index contributed by atoms with van der Waals surface area (Å²) in [6.45, 7) is 2.15. The maximum atomic E-state index is 13.2. The molecule has 3 nitrogen and oxygen atoms in total. The van der Waals surface area contributed by atoms with Crippen LogP contribution in [0.3, 0.4) is 0 Å². The summed E-state index contributed by atoms with van der Waals surface area (Å²) in [5, 5.41) is 5.72. The molecule has 164 valence electrons. The van der Waals surface area contributed by atoms with Crippen LogP contribution in [0.2, 0.25) is 0 Å². The van der Waals surface area contributed by atoms with Gasteiger partial charge in [0.1, 0.15) is 5.82 Å². The fourth-order valence-electron chi connectivity index (χ4n) is 7.15. The number of nitrogens with zero attached hydrogens (tertiary/aromatic N) is 1. The van der Waals surface area contributed by atoms with Crippen molar-refractivity contribution < 1.29 is 9.18 Å². The van der Waals surface area contributed by atoms with Gasteiger partial charge in [-0.25, -0.2) is 9.37 Å². The van der Waals surface area contributed by atoms with Crippen LogP contribution in [0.1, 0.15) is 65.7 Å². The predicted molar refractivity (Wildman–Crippen MR) is 126 cm³/mol.